The fraction of sp³-hybridized carbons (Fsp3) is 0.200. The molecular weight excluding hydrogens is 678 g/mol. The van der Waals surface area contributed by atoms with Crippen molar-refractivity contribution in [3.8, 4) is 0 Å². The molecule has 2 radical (unpaired) electrons. The minimum atomic E-state index is -2.04. The Balaban J connectivity index is 0.000000402. The molecular formula is C30H18B3F15. The van der Waals surface area contributed by atoms with E-state index in [0.29, 0.717) is 0 Å². The molecule has 0 amide bonds. The number of fused-ring (bicyclic) bond motifs is 2. The maximum atomic E-state index is 14.5. The predicted octanol–water partition coefficient (Wildman–Crippen LogP) is 6.74. The van der Waals surface area contributed by atoms with E-state index in [1.807, 2.05) is 5.73 Å². The summed E-state index contributed by atoms with van der Waals surface area (Å²) in [7, 11) is 4.93. The zero-order chi connectivity index (χ0) is 37.5. The van der Waals surface area contributed by atoms with Gasteiger partial charge in [-0.25, -0.2) is 48.3 Å². The maximum Gasteiger partial charge on any atom is 0.321 e. The Morgan fingerprint density at radius 1 is 0.479 bits per heavy atom. The lowest BCUT2D eigenvalue weighted by Gasteiger charge is -2.30. The minimum Gasteiger partial charge on any atom is -0.207 e. The van der Waals surface area contributed by atoms with Gasteiger partial charge in [0.15, 0.2) is 58.2 Å². The fourth-order valence-electron chi connectivity index (χ4n) is 4.46. The average molecular weight is 696 g/mol. The molecule has 3 aromatic carbocycles. The molecule has 1 heterocycles. The van der Waals surface area contributed by atoms with Crippen LogP contribution in [-0.4, -0.2) is 21.3 Å². The first kappa shape index (κ1) is 41.7. The summed E-state index contributed by atoms with van der Waals surface area (Å²) in [6, 6.07) is 0. The monoisotopic (exact) mass is 696 g/mol. The highest BCUT2D eigenvalue weighted by Gasteiger charge is 2.43. The summed E-state index contributed by atoms with van der Waals surface area (Å²) in [6.45, 7) is 5.28. The van der Waals surface area contributed by atoms with Gasteiger partial charge in [0.05, 0.1) is 0 Å². The van der Waals surface area contributed by atoms with E-state index in [4.69, 9.17) is 17.0 Å². The summed E-state index contributed by atoms with van der Waals surface area (Å²) in [5.41, 5.74) is 5.36. The van der Waals surface area contributed by atoms with Crippen molar-refractivity contribution in [2.24, 2.45) is 0 Å². The van der Waals surface area contributed by atoms with Crippen molar-refractivity contribution in [2.45, 2.75) is 41.3 Å². The Kier molecular flexibility index (Phi) is 14.9. The average Bonchev–Trinajstić information content (AvgIpc) is 3.05. The van der Waals surface area contributed by atoms with Gasteiger partial charge in [-0.1, -0.05) is 24.8 Å². The standard InChI is InChI=1S/C15H9B2F7.C8H6F2.C7H3BF4.F2/c1-4-9(18)5-6(11(20)10(4)19)17(3)8-7(16(5)2)12(21)14(23)15(24)13(8)22;1-7(2)5-3-4-6-8(9)10;1-2-3(8)5(10)7(12)6(11)4(2)9;1-2/h1-3H3;1-2H3;1H3;. The number of hydrogen-bond donors (Lipinski definition) is 0. The maximum absolute atomic E-state index is 14.5. The highest BCUT2D eigenvalue weighted by molar-refractivity contribution is 7.02. The van der Waals surface area contributed by atoms with Crippen LogP contribution in [0.2, 0.25) is 13.6 Å². The molecule has 3 aromatic rings. The smallest absolute Gasteiger partial charge is 0.207 e. The van der Waals surface area contributed by atoms with Crippen molar-refractivity contribution in [1.82, 2.24) is 0 Å². The van der Waals surface area contributed by atoms with E-state index in [9.17, 15) is 57.1 Å². The molecule has 18 heteroatoms. The normalized spacial score (nSPS) is 10.7. The zero-order valence-corrected chi connectivity index (χ0v) is 25.4. The molecule has 0 N–H and O–H groups in total. The molecule has 252 valence electrons. The third-order valence-electron chi connectivity index (χ3n) is 6.77. The topological polar surface area (TPSA) is 0 Å². The largest absolute Gasteiger partial charge is 0.321 e. The van der Waals surface area contributed by atoms with Crippen molar-refractivity contribution < 1.29 is 66.2 Å². The van der Waals surface area contributed by atoms with Gasteiger partial charge in [-0.15, -0.1) is 0 Å². The second-order valence-electron chi connectivity index (χ2n) is 9.98. The summed E-state index contributed by atoms with van der Waals surface area (Å²) in [5.74, 6) is -18.1. The van der Waals surface area contributed by atoms with Crippen LogP contribution < -0.4 is 27.3 Å². The third-order valence-corrected chi connectivity index (χ3v) is 6.77. The Labute approximate surface area is 266 Å². The van der Waals surface area contributed by atoms with E-state index in [1.54, 1.807) is 19.6 Å². The predicted molar refractivity (Wildman–Crippen MR) is 152 cm³/mol. The molecule has 0 unspecified atom stereocenters. The lowest BCUT2D eigenvalue weighted by atomic mass is 9.25. The summed E-state index contributed by atoms with van der Waals surface area (Å²) >= 11 is 0. The first-order valence-electron chi connectivity index (χ1n) is 12.9. The number of rotatable bonds is 0. The number of benzene rings is 3. The van der Waals surface area contributed by atoms with Crippen LogP contribution in [0.15, 0.2) is 34.6 Å². The van der Waals surface area contributed by atoms with Crippen LogP contribution in [0.1, 0.15) is 25.0 Å². The quantitative estimate of drug-likeness (QED) is 0.0804. The molecule has 48 heavy (non-hydrogen) atoms. The van der Waals surface area contributed by atoms with Crippen molar-refractivity contribution in [1.29, 1.82) is 0 Å². The van der Waals surface area contributed by atoms with E-state index in [1.165, 1.54) is 6.82 Å². The third kappa shape index (κ3) is 8.38. The fourth-order valence-corrected chi connectivity index (χ4v) is 4.46. The van der Waals surface area contributed by atoms with Crippen LogP contribution in [-0.2, 0) is 0 Å². The first-order valence-corrected chi connectivity index (χ1v) is 12.9. The second kappa shape index (κ2) is 17.2. The minimum absolute atomic E-state index is 0.379. The van der Waals surface area contributed by atoms with Gasteiger partial charge in [-0.2, -0.15) is 8.78 Å². The number of hydrogen-bond acceptors (Lipinski definition) is 0. The van der Waals surface area contributed by atoms with Gasteiger partial charge in [-0.3, -0.25) is 0 Å². The van der Waals surface area contributed by atoms with Gasteiger partial charge < -0.3 is 0 Å². The van der Waals surface area contributed by atoms with Gasteiger partial charge in [-0.05, 0) is 72.1 Å². The molecule has 4 rings (SSSR count). The summed E-state index contributed by atoms with van der Waals surface area (Å²) < 4.78 is 186. The van der Waals surface area contributed by atoms with Crippen LogP contribution in [0.3, 0.4) is 0 Å². The van der Waals surface area contributed by atoms with Crippen LogP contribution in [0.5, 0.6) is 0 Å². The van der Waals surface area contributed by atoms with E-state index in [-0.39, 0.29) is 5.46 Å². The van der Waals surface area contributed by atoms with E-state index >= 15 is 0 Å². The lowest BCUT2D eigenvalue weighted by Crippen LogP contribution is -2.71. The van der Waals surface area contributed by atoms with Gasteiger partial charge in [0.25, 0.3) is 0 Å². The van der Waals surface area contributed by atoms with Crippen LogP contribution >= 0.6 is 0 Å². The van der Waals surface area contributed by atoms with Crippen molar-refractivity contribution in [3.05, 3.63) is 110 Å². The Morgan fingerprint density at radius 3 is 1.19 bits per heavy atom. The number of halogens is 15. The molecule has 0 nitrogen and oxygen atoms in total. The van der Waals surface area contributed by atoms with E-state index in [2.05, 4.69) is 11.5 Å². The van der Waals surface area contributed by atoms with Gasteiger partial charge in [0, 0.05) is 20.4 Å². The van der Waals surface area contributed by atoms with Crippen molar-refractivity contribution in [2.75, 3.05) is 0 Å². The summed E-state index contributed by atoms with van der Waals surface area (Å²) in [6.07, 6.45) is -1.90. The molecule has 1 aliphatic heterocycles. The number of allylic oxidation sites excluding steroid dienone is 1. The first-order chi connectivity index (χ1) is 22.2. The Hall–Kier alpha value is -4.34. The summed E-state index contributed by atoms with van der Waals surface area (Å²) in [5, 5.41) is 0. The van der Waals surface area contributed by atoms with Gasteiger partial charge in [0.1, 0.15) is 13.7 Å². The van der Waals surface area contributed by atoms with Crippen molar-refractivity contribution >= 4 is 48.6 Å². The Morgan fingerprint density at radius 2 is 0.792 bits per heavy atom. The summed E-state index contributed by atoms with van der Waals surface area (Å²) in [4.78, 5) is 0. The van der Waals surface area contributed by atoms with Crippen LogP contribution in [0.25, 0.3) is 0 Å². The van der Waals surface area contributed by atoms with Gasteiger partial charge >= 0.3 is 6.08 Å². The SMILES string of the molecule is CB1c2c(F)c(C)c(F)c(F)c2B(C)c2c(F)c(F)c(F)c(F)c21.CC(C)=C=C=C=C=C(F)F.FF.[B]c1c(C)c(F)c(F)c(F)c1F. The van der Waals surface area contributed by atoms with Gasteiger partial charge in [0.2, 0.25) is 13.4 Å². The molecule has 0 aromatic heterocycles. The van der Waals surface area contributed by atoms with E-state index < -0.39 is 116 Å². The molecule has 0 fully saturated rings. The van der Waals surface area contributed by atoms with Crippen LogP contribution in [0.4, 0.5) is 66.2 Å². The second-order valence-corrected chi connectivity index (χ2v) is 9.98. The van der Waals surface area contributed by atoms with Crippen molar-refractivity contribution in [3.63, 3.8) is 0 Å². The highest BCUT2D eigenvalue weighted by atomic mass is 20.0. The molecule has 1 aliphatic rings. The molecule has 0 bridgehead atoms. The van der Waals surface area contributed by atoms with Crippen LogP contribution in [0, 0.1) is 77.8 Å². The molecule has 0 saturated heterocycles. The Bertz CT molecular complexity index is 1630. The highest BCUT2D eigenvalue weighted by Crippen LogP contribution is 2.19. The molecule has 0 atom stereocenters. The zero-order valence-electron chi connectivity index (χ0n) is 25.4. The molecule has 0 saturated carbocycles. The molecule has 0 aliphatic carbocycles. The molecule has 0 spiro atoms. The lowest BCUT2D eigenvalue weighted by molar-refractivity contribution is 0.108. The van der Waals surface area contributed by atoms with E-state index in [0.717, 1.165) is 26.2 Å².